The number of hydrogen-bond acceptors (Lipinski definition) is 2. The highest BCUT2D eigenvalue weighted by molar-refractivity contribution is 6.17. The van der Waals surface area contributed by atoms with Gasteiger partial charge < -0.3 is 9.88 Å². The zero-order valence-electron chi connectivity index (χ0n) is 10.7. The summed E-state index contributed by atoms with van der Waals surface area (Å²) < 4.78 is 1.93. The molecule has 2 aromatic rings. The molecule has 5 heteroatoms. The van der Waals surface area contributed by atoms with E-state index in [1.54, 1.807) is 24.7 Å². The Bertz CT molecular complexity index is 522. The van der Waals surface area contributed by atoms with E-state index < -0.39 is 0 Å². The standard InChI is InChI=1S/C14H16ClN3O/c1-11(9-18-7-6-16-10-18)17-14(19)13-4-2-12(8-15)3-5-13/h2-7,10-11H,8-9H2,1H3,(H,17,19). The van der Waals surface area contributed by atoms with E-state index in [2.05, 4.69) is 10.3 Å². The molecule has 0 fully saturated rings. The number of rotatable bonds is 5. The first-order chi connectivity index (χ1) is 9.19. The molecule has 0 aliphatic carbocycles. The van der Waals surface area contributed by atoms with Gasteiger partial charge in [-0.3, -0.25) is 4.79 Å². The Morgan fingerprint density at radius 1 is 1.42 bits per heavy atom. The van der Waals surface area contributed by atoms with E-state index >= 15 is 0 Å². The highest BCUT2D eigenvalue weighted by Crippen LogP contribution is 2.07. The third-order valence-corrected chi connectivity index (χ3v) is 3.10. The summed E-state index contributed by atoms with van der Waals surface area (Å²) >= 11 is 5.71. The molecule has 0 saturated carbocycles. The first kappa shape index (κ1) is 13.6. The normalized spacial score (nSPS) is 12.1. The molecule has 0 aliphatic rings. The van der Waals surface area contributed by atoms with E-state index in [0.29, 0.717) is 18.0 Å². The second-order valence-corrected chi connectivity index (χ2v) is 4.73. The number of hydrogen-bond donors (Lipinski definition) is 1. The summed E-state index contributed by atoms with van der Waals surface area (Å²) in [6.07, 6.45) is 5.33. The average Bonchev–Trinajstić information content (AvgIpc) is 2.91. The summed E-state index contributed by atoms with van der Waals surface area (Å²) in [6.45, 7) is 2.66. The fourth-order valence-electron chi connectivity index (χ4n) is 1.81. The first-order valence-electron chi connectivity index (χ1n) is 6.10. The highest BCUT2D eigenvalue weighted by atomic mass is 35.5. The number of aromatic nitrogens is 2. The van der Waals surface area contributed by atoms with Crippen LogP contribution in [-0.4, -0.2) is 21.5 Å². The first-order valence-corrected chi connectivity index (χ1v) is 6.64. The Labute approximate surface area is 117 Å². The van der Waals surface area contributed by atoms with Crippen LogP contribution in [0.25, 0.3) is 0 Å². The van der Waals surface area contributed by atoms with Crippen molar-refractivity contribution in [3.8, 4) is 0 Å². The van der Waals surface area contributed by atoms with Crippen molar-refractivity contribution in [1.82, 2.24) is 14.9 Å². The van der Waals surface area contributed by atoms with Gasteiger partial charge in [-0.25, -0.2) is 4.98 Å². The summed E-state index contributed by atoms with van der Waals surface area (Å²) in [5.41, 5.74) is 1.65. The largest absolute Gasteiger partial charge is 0.348 e. The van der Waals surface area contributed by atoms with Crippen molar-refractivity contribution < 1.29 is 4.79 Å². The molecule has 4 nitrogen and oxygen atoms in total. The molecule has 2 rings (SSSR count). The van der Waals surface area contributed by atoms with Gasteiger partial charge in [-0.15, -0.1) is 11.6 Å². The van der Waals surface area contributed by atoms with E-state index in [1.807, 2.05) is 29.8 Å². The van der Waals surface area contributed by atoms with Gasteiger partial charge in [0.05, 0.1) is 6.33 Å². The Kier molecular flexibility index (Phi) is 4.58. The predicted molar refractivity (Wildman–Crippen MR) is 75.2 cm³/mol. The van der Waals surface area contributed by atoms with Crippen molar-refractivity contribution >= 4 is 17.5 Å². The Morgan fingerprint density at radius 2 is 2.16 bits per heavy atom. The molecule has 0 aliphatic heterocycles. The fourth-order valence-corrected chi connectivity index (χ4v) is 1.99. The van der Waals surface area contributed by atoms with Crippen LogP contribution in [-0.2, 0) is 12.4 Å². The Morgan fingerprint density at radius 3 is 2.74 bits per heavy atom. The predicted octanol–water partition coefficient (Wildman–Crippen LogP) is 2.44. The fraction of sp³-hybridized carbons (Fsp3) is 0.286. The van der Waals surface area contributed by atoms with Crippen LogP contribution in [0.1, 0.15) is 22.8 Å². The van der Waals surface area contributed by atoms with Crippen molar-refractivity contribution in [2.75, 3.05) is 0 Å². The van der Waals surface area contributed by atoms with Gasteiger partial charge in [-0.05, 0) is 24.6 Å². The molecule has 0 saturated heterocycles. The van der Waals surface area contributed by atoms with Crippen LogP contribution < -0.4 is 5.32 Å². The zero-order chi connectivity index (χ0) is 13.7. The number of carbonyl (C=O) groups is 1. The minimum absolute atomic E-state index is 0.0365. The second-order valence-electron chi connectivity index (χ2n) is 4.46. The van der Waals surface area contributed by atoms with E-state index in [1.165, 1.54) is 0 Å². The van der Waals surface area contributed by atoms with Crippen molar-refractivity contribution in [2.45, 2.75) is 25.4 Å². The van der Waals surface area contributed by atoms with Gasteiger partial charge in [0, 0.05) is 36.4 Å². The van der Waals surface area contributed by atoms with Crippen molar-refractivity contribution in [2.24, 2.45) is 0 Å². The molecule has 0 bridgehead atoms. The number of benzene rings is 1. The summed E-state index contributed by atoms with van der Waals surface area (Å²) in [4.78, 5) is 16.0. The molecule has 19 heavy (non-hydrogen) atoms. The summed E-state index contributed by atoms with van der Waals surface area (Å²) in [7, 11) is 0. The monoisotopic (exact) mass is 277 g/mol. The van der Waals surface area contributed by atoms with Gasteiger partial charge in [0.25, 0.3) is 5.91 Å². The SMILES string of the molecule is CC(Cn1ccnc1)NC(=O)c1ccc(CCl)cc1. The average molecular weight is 278 g/mol. The second kappa shape index (κ2) is 6.38. The molecular weight excluding hydrogens is 262 g/mol. The molecule has 1 amide bonds. The van der Waals surface area contributed by atoms with Crippen molar-refractivity contribution in [3.63, 3.8) is 0 Å². The molecule has 1 aromatic carbocycles. The smallest absolute Gasteiger partial charge is 0.251 e. The van der Waals surface area contributed by atoms with E-state index in [4.69, 9.17) is 11.6 Å². The molecule has 1 aromatic heterocycles. The van der Waals surface area contributed by atoms with Gasteiger partial charge in [0.15, 0.2) is 0 Å². The zero-order valence-corrected chi connectivity index (χ0v) is 11.5. The minimum Gasteiger partial charge on any atom is -0.348 e. The topological polar surface area (TPSA) is 46.9 Å². The van der Waals surface area contributed by atoms with Crippen LogP contribution in [0.5, 0.6) is 0 Å². The van der Waals surface area contributed by atoms with E-state index in [-0.39, 0.29) is 11.9 Å². The van der Waals surface area contributed by atoms with Crippen LogP contribution in [0.2, 0.25) is 0 Å². The lowest BCUT2D eigenvalue weighted by molar-refractivity contribution is 0.0936. The third-order valence-electron chi connectivity index (χ3n) is 2.79. The summed E-state index contributed by atoms with van der Waals surface area (Å²) in [5, 5.41) is 2.95. The number of nitrogens with one attached hydrogen (secondary N) is 1. The third kappa shape index (κ3) is 3.83. The van der Waals surface area contributed by atoms with E-state index in [9.17, 15) is 4.79 Å². The molecule has 1 heterocycles. The Hall–Kier alpha value is -1.81. The quantitative estimate of drug-likeness (QED) is 0.854. The minimum atomic E-state index is -0.0752. The van der Waals surface area contributed by atoms with Crippen LogP contribution in [0, 0.1) is 0 Å². The van der Waals surface area contributed by atoms with Crippen molar-refractivity contribution in [1.29, 1.82) is 0 Å². The number of amides is 1. The lowest BCUT2D eigenvalue weighted by Crippen LogP contribution is -2.35. The number of nitrogens with zero attached hydrogens (tertiary/aromatic N) is 2. The van der Waals surface area contributed by atoms with Gasteiger partial charge in [0.1, 0.15) is 0 Å². The van der Waals surface area contributed by atoms with Gasteiger partial charge >= 0.3 is 0 Å². The van der Waals surface area contributed by atoms with Gasteiger partial charge in [0.2, 0.25) is 0 Å². The summed E-state index contributed by atoms with van der Waals surface area (Å²) in [6, 6.07) is 7.34. The van der Waals surface area contributed by atoms with Crippen LogP contribution >= 0.6 is 11.6 Å². The molecule has 1 atom stereocenters. The van der Waals surface area contributed by atoms with Gasteiger partial charge in [-0.1, -0.05) is 12.1 Å². The van der Waals surface area contributed by atoms with Gasteiger partial charge in [-0.2, -0.15) is 0 Å². The number of carbonyl (C=O) groups excluding carboxylic acids is 1. The van der Waals surface area contributed by atoms with Crippen LogP contribution in [0.4, 0.5) is 0 Å². The maximum atomic E-state index is 12.0. The highest BCUT2D eigenvalue weighted by Gasteiger charge is 2.09. The number of imidazole rings is 1. The maximum absolute atomic E-state index is 12.0. The molecule has 1 unspecified atom stereocenters. The number of alkyl halides is 1. The lowest BCUT2D eigenvalue weighted by atomic mass is 10.1. The maximum Gasteiger partial charge on any atom is 0.251 e. The van der Waals surface area contributed by atoms with Crippen LogP contribution in [0.15, 0.2) is 43.0 Å². The molecule has 1 N–H and O–H groups in total. The van der Waals surface area contributed by atoms with Crippen molar-refractivity contribution in [3.05, 3.63) is 54.1 Å². The number of halogens is 1. The molecular formula is C14H16ClN3O. The molecule has 0 spiro atoms. The molecule has 100 valence electrons. The summed E-state index contributed by atoms with van der Waals surface area (Å²) in [5.74, 6) is 0.382. The Balaban J connectivity index is 1.92. The lowest BCUT2D eigenvalue weighted by Gasteiger charge is -2.14. The molecule has 0 radical (unpaired) electrons. The van der Waals surface area contributed by atoms with Crippen LogP contribution in [0.3, 0.4) is 0 Å². The van der Waals surface area contributed by atoms with E-state index in [0.717, 1.165) is 5.56 Å².